The van der Waals surface area contributed by atoms with E-state index in [1.807, 2.05) is 30.3 Å². The van der Waals surface area contributed by atoms with Crippen molar-refractivity contribution in [3.8, 4) is 0 Å². The number of nitrogens with two attached hydrogens (primary N) is 1. The quantitative estimate of drug-likeness (QED) is 0.368. The standard InChI is InChI=1S/C21H17F6N3O2/c22-20(23,24)12-7-13(21(25,26)27)9-15(8-12)30-17-16(18(31)19(17)32)29-10-14(28)6-11-4-2-1-3-5-11/h1-5,7-9,14,29-30H,6,10,28H2/t14-/m0/s1. The molecule has 0 aliphatic rings. The molecule has 11 heteroatoms. The van der Waals surface area contributed by atoms with Crippen LogP contribution in [0.4, 0.5) is 43.4 Å². The van der Waals surface area contributed by atoms with Gasteiger partial charge in [0.25, 0.3) is 10.9 Å². The highest BCUT2D eigenvalue weighted by molar-refractivity contribution is 5.79. The van der Waals surface area contributed by atoms with Crippen LogP contribution in [0.1, 0.15) is 16.7 Å². The van der Waals surface area contributed by atoms with Crippen LogP contribution in [0.15, 0.2) is 58.1 Å². The largest absolute Gasteiger partial charge is 0.416 e. The molecule has 0 heterocycles. The minimum atomic E-state index is -5.04. The average molecular weight is 457 g/mol. The molecule has 0 bridgehead atoms. The molecule has 0 spiro atoms. The fraction of sp³-hybridized carbons (Fsp3) is 0.238. The third kappa shape index (κ3) is 5.28. The summed E-state index contributed by atoms with van der Waals surface area (Å²) in [4.78, 5) is 23.8. The first-order valence-corrected chi connectivity index (χ1v) is 9.29. The maximum atomic E-state index is 13.0. The van der Waals surface area contributed by atoms with E-state index in [9.17, 15) is 35.9 Å². The molecule has 1 atom stereocenters. The Labute approximate surface area is 177 Å². The van der Waals surface area contributed by atoms with Gasteiger partial charge in [0.15, 0.2) is 0 Å². The second kappa shape index (κ2) is 8.65. The summed E-state index contributed by atoms with van der Waals surface area (Å²) in [5.74, 6) is 0. The van der Waals surface area contributed by atoms with Crippen molar-refractivity contribution in [2.75, 3.05) is 17.2 Å². The molecule has 0 aliphatic heterocycles. The summed E-state index contributed by atoms with van der Waals surface area (Å²) in [5, 5.41) is 4.87. The summed E-state index contributed by atoms with van der Waals surface area (Å²) in [6.45, 7) is 0.0464. The molecule has 0 unspecified atom stereocenters. The number of nitrogens with one attached hydrogen (secondary N) is 2. The van der Waals surface area contributed by atoms with Crippen molar-refractivity contribution >= 4 is 17.1 Å². The van der Waals surface area contributed by atoms with Crippen molar-refractivity contribution in [2.24, 2.45) is 5.73 Å². The van der Waals surface area contributed by atoms with E-state index in [1.165, 1.54) is 0 Å². The van der Waals surface area contributed by atoms with Crippen LogP contribution in [0.2, 0.25) is 0 Å². The third-order valence-corrected chi connectivity index (χ3v) is 4.65. The van der Waals surface area contributed by atoms with Crippen LogP contribution in [0.25, 0.3) is 0 Å². The number of hydrogen-bond acceptors (Lipinski definition) is 5. The van der Waals surface area contributed by atoms with Crippen LogP contribution in [-0.2, 0) is 18.8 Å². The Morgan fingerprint density at radius 3 is 1.88 bits per heavy atom. The molecule has 0 saturated heterocycles. The fourth-order valence-corrected chi connectivity index (χ4v) is 3.07. The van der Waals surface area contributed by atoms with Crippen LogP contribution in [0.5, 0.6) is 0 Å². The van der Waals surface area contributed by atoms with E-state index < -0.39 is 51.8 Å². The molecule has 4 N–H and O–H groups in total. The second-order valence-corrected chi connectivity index (χ2v) is 7.16. The first kappa shape index (κ1) is 23.3. The topological polar surface area (TPSA) is 84.2 Å². The zero-order valence-electron chi connectivity index (χ0n) is 16.3. The molecule has 3 aromatic carbocycles. The predicted octanol–water partition coefficient (Wildman–Crippen LogP) is 4.05. The highest BCUT2D eigenvalue weighted by Gasteiger charge is 2.37. The van der Waals surface area contributed by atoms with Crippen molar-refractivity contribution in [1.82, 2.24) is 0 Å². The van der Waals surface area contributed by atoms with Crippen LogP contribution in [0.3, 0.4) is 0 Å². The van der Waals surface area contributed by atoms with Crippen LogP contribution in [0, 0.1) is 0 Å². The summed E-state index contributed by atoms with van der Waals surface area (Å²) >= 11 is 0. The number of benzene rings is 2. The van der Waals surface area contributed by atoms with Gasteiger partial charge in [-0.05, 0) is 30.2 Å². The Hall–Kier alpha value is -3.34. The van der Waals surface area contributed by atoms with Gasteiger partial charge in [-0.25, -0.2) is 0 Å². The van der Waals surface area contributed by atoms with Gasteiger partial charge in [0.05, 0.1) is 11.1 Å². The molecular formula is C21H17F6N3O2. The molecule has 3 rings (SSSR count). The molecule has 0 aromatic heterocycles. The lowest BCUT2D eigenvalue weighted by Gasteiger charge is -2.19. The number of rotatable bonds is 7. The zero-order valence-corrected chi connectivity index (χ0v) is 16.3. The summed E-state index contributed by atoms with van der Waals surface area (Å²) < 4.78 is 78.1. The van der Waals surface area contributed by atoms with E-state index in [0.717, 1.165) is 5.56 Å². The lowest BCUT2D eigenvalue weighted by molar-refractivity contribution is -0.143. The molecule has 32 heavy (non-hydrogen) atoms. The molecule has 0 radical (unpaired) electrons. The summed E-state index contributed by atoms with van der Waals surface area (Å²) in [7, 11) is 0. The number of halogens is 6. The van der Waals surface area contributed by atoms with E-state index in [4.69, 9.17) is 5.73 Å². The number of anilines is 3. The fourth-order valence-electron chi connectivity index (χ4n) is 3.07. The molecule has 170 valence electrons. The predicted molar refractivity (Wildman–Crippen MR) is 108 cm³/mol. The summed E-state index contributed by atoms with van der Waals surface area (Å²) in [6, 6.07) is 9.50. The van der Waals surface area contributed by atoms with Gasteiger partial charge >= 0.3 is 12.4 Å². The van der Waals surface area contributed by atoms with E-state index >= 15 is 0 Å². The van der Waals surface area contributed by atoms with Gasteiger partial charge in [-0.2, -0.15) is 26.3 Å². The smallest absolute Gasteiger partial charge is 0.378 e. The maximum Gasteiger partial charge on any atom is 0.416 e. The normalized spacial score (nSPS) is 13.2. The average Bonchev–Trinajstić information content (AvgIpc) is 2.72. The van der Waals surface area contributed by atoms with Crippen molar-refractivity contribution in [3.63, 3.8) is 0 Å². The van der Waals surface area contributed by atoms with Crippen molar-refractivity contribution in [3.05, 3.63) is 85.7 Å². The van der Waals surface area contributed by atoms with E-state index in [0.29, 0.717) is 18.6 Å². The number of alkyl halides is 6. The molecule has 0 amide bonds. The van der Waals surface area contributed by atoms with Crippen molar-refractivity contribution in [1.29, 1.82) is 0 Å². The van der Waals surface area contributed by atoms with E-state index in [2.05, 4.69) is 10.6 Å². The SMILES string of the molecule is N[C@H](CNc1c(Nc2cc(C(F)(F)F)cc(C(F)(F)F)c2)c(=O)c1=O)Cc1ccccc1. The van der Waals surface area contributed by atoms with Gasteiger partial charge < -0.3 is 16.4 Å². The zero-order chi connectivity index (χ0) is 23.7. The van der Waals surface area contributed by atoms with Crippen molar-refractivity contribution < 1.29 is 26.3 Å². The van der Waals surface area contributed by atoms with Crippen LogP contribution in [-0.4, -0.2) is 12.6 Å². The van der Waals surface area contributed by atoms with Gasteiger partial charge in [0.2, 0.25) is 0 Å². The highest BCUT2D eigenvalue weighted by Crippen LogP contribution is 2.38. The van der Waals surface area contributed by atoms with E-state index in [-0.39, 0.29) is 18.3 Å². The minimum absolute atomic E-state index is 0.0327. The van der Waals surface area contributed by atoms with Crippen molar-refractivity contribution in [2.45, 2.75) is 24.8 Å². The Kier molecular flexibility index (Phi) is 6.31. The van der Waals surface area contributed by atoms with E-state index in [1.54, 1.807) is 0 Å². The van der Waals surface area contributed by atoms with Gasteiger partial charge in [-0.15, -0.1) is 0 Å². The summed E-state index contributed by atoms with van der Waals surface area (Å²) in [6.07, 6.45) is -9.65. The monoisotopic (exact) mass is 457 g/mol. The molecule has 0 fully saturated rings. The Balaban J connectivity index is 1.80. The maximum absolute atomic E-state index is 13.0. The third-order valence-electron chi connectivity index (χ3n) is 4.65. The van der Waals surface area contributed by atoms with Crippen LogP contribution >= 0.6 is 0 Å². The van der Waals surface area contributed by atoms with Crippen LogP contribution < -0.4 is 27.2 Å². The lowest BCUT2D eigenvalue weighted by Crippen LogP contribution is -2.40. The highest BCUT2D eigenvalue weighted by atomic mass is 19.4. The van der Waals surface area contributed by atoms with Gasteiger partial charge in [0, 0.05) is 18.3 Å². The first-order valence-electron chi connectivity index (χ1n) is 9.29. The minimum Gasteiger partial charge on any atom is -0.378 e. The second-order valence-electron chi connectivity index (χ2n) is 7.16. The Morgan fingerprint density at radius 2 is 1.34 bits per heavy atom. The first-order chi connectivity index (χ1) is 14.9. The molecular weight excluding hydrogens is 440 g/mol. The van der Waals surface area contributed by atoms with Gasteiger partial charge in [-0.1, -0.05) is 30.3 Å². The lowest BCUT2D eigenvalue weighted by atomic mass is 10.1. The van der Waals surface area contributed by atoms with Gasteiger partial charge in [0.1, 0.15) is 11.4 Å². The molecule has 3 aromatic rings. The Bertz CT molecular complexity index is 1130. The van der Waals surface area contributed by atoms with Gasteiger partial charge in [-0.3, -0.25) is 9.59 Å². The number of hydrogen-bond donors (Lipinski definition) is 3. The molecule has 0 saturated carbocycles. The molecule has 0 aliphatic carbocycles. The Morgan fingerprint density at radius 1 is 0.812 bits per heavy atom. The molecule has 5 nitrogen and oxygen atoms in total. The summed E-state index contributed by atoms with van der Waals surface area (Å²) in [5.41, 5.74) is 0.524.